The van der Waals surface area contributed by atoms with Gasteiger partial charge in [0.1, 0.15) is 0 Å². The molecule has 2 nitrogen and oxygen atoms in total. The number of halogens is 1. The molecule has 0 aromatic carbocycles. The van der Waals surface area contributed by atoms with Crippen LogP contribution in [0.1, 0.15) is 6.42 Å². The summed E-state index contributed by atoms with van der Waals surface area (Å²) < 4.78 is 32.2. The third kappa shape index (κ3) is 0.647. The zero-order chi connectivity index (χ0) is 6.20. The number of thiol groups is 1. The molecule has 1 aliphatic carbocycles. The fourth-order valence-electron chi connectivity index (χ4n) is 0.448. The van der Waals surface area contributed by atoms with Gasteiger partial charge in [-0.3, -0.25) is 0 Å². The minimum atomic E-state index is -2.91. The summed E-state index contributed by atoms with van der Waals surface area (Å²) in [4.78, 5) is 0. The molecule has 0 aromatic rings. The van der Waals surface area contributed by atoms with Crippen LogP contribution in [0.3, 0.4) is 0 Å². The first-order chi connectivity index (χ1) is 3.65. The van der Waals surface area contributed by atoms with Crippen molar-refractivity contribution in [1.29, 1.82) is 0 Å². The standard InChI is InChI=1S/C4H5FO2S/c5-4(8(6)7)2-1-3-4/h1-2,8H,3H2. The maximum atomic E-state index is 12.3. The molecule has 0 saturated carbocycles. The lowest BCUT2D eigenvalue weighted by Gasteiger charge is -2.18. The summed E-state index contributed by atoms with van der Waals surface area (Å²) in [6.45, 7) is 0. The van der Waals surface area contributed by atoms with Gasteiger partial charge in [0, 0.05) is 6.42 Å². The first-order valence-electron chi connectivity index (χ1n) is 2.16. The van der Waals surface area contributed by atoms with Crippen LogP contribution in [0.4, 0.5) is 4.39 Å². The van der Waals surface area contributed by atoms with Gasteiger partial charge in [-0.15, -0.1) is 0 Å². The van der Waals surface area contributed by atoms with E-state index >= 15 is 0 Å². The van der Waals surface area contributed by atoms with Crippen LogP contribution in [0.25, 0.3) is 0 Å². The summed E-state index contributed by atoms with van der Waals surface area (Å²) in [5.41, 5.74) is 0. The molecular formula is C4H5FO2S. The molecule has 0 heterocycles. The van der Waals surface area contributed by atoms with Crippen LogP contribution in [0.5, 0.6) is 0 Å². The third-order valence-electron chi connectivity index (χ3n) is 1.08. The monoisotopic (exact) mass is 136 g/mol. The normalized spacial score (nSPS) is 35.2. The molecule has 0 aliphatic heterocycles. The number of alkyl halides is 1. The number of hydrogen-bond acceptors (Lipinski definition) is 2. The smallest absolute Gasteiger partial charge is 0.228 e. The summed E-state index contributed by atoms with van der Waals surface area (Å²) >= 11 is 0. The van der Waals surface area contributed by atoms with Crippen molar-refractivity contribution in [2.45, 2.75) is 11.4 Å². The summed E-state index contributed by atoms with van der Waals surface area (Å²) in [5, 5.41) is -2.00. The Bertz CT molecular complexity index is 188. The topological polar surface area (TPSA) is 34.1 Å². The Morgan fingerprint density at radius 3 is 2.12 bits per heavy atom. The van der Waals surface area contributed by atoms with Gasteiger partial charge in [-0.2, -0.15) is 0 Å². The minimum Gasteiger partial charge on any atom is -0.228 e. The van der Waals surface area contributed by atoms with E-state index < -0.39 is 15.7 Å². The molecule has 1 aliphatic rings. The van der Waals surface area contributed by atoms with E-state index in [4.69, 9.17) is 0 Å². The van der Waals surface area contributed by atoms with Crippen molar-refractivity contribution in [2.75, 3.05) is 0 Å². The first-order valence-corrected chi connectivity index (χ1v) is 3.34. The van der Waals surface area contributed by atoms with E-state index in [1.54, 1.807) is 0 Å². The zero-order valence-corrected chi connectivity index (χ0v) is 4.90. The Balaban J connectivity index is 2.85. The predicted octanol–water partition coefficient (Wildman–Crippen LogP) is 0.224. The molecule has 46 valence electrons. The Morgan fingerprint density at radius 1 is 1.62 bits per heavy atom. The Morgan fingerprint density at radius 2 is 2.12 bits per heavy atom. The van der Waals surface area contributed by atoms with Gasteiger partial charge in [0.2, 0.25) is 5.00 Å². The highest BCUT2D eigenvalue weighted by atomic mass is 32.2. The second kappa shape index (κ2) is 1.55. The van der Waals surface area contributed by atoms with Crippen LogP contribution in [-0.2, 0) is 10.7 Å². The van der Waals surface area contributed by atoms with Crippen molar-refractivity contribution >= 4 is 10.7 Å². The molecule has 0 spiro atoms. The van der Waals surface area contributed by atoms with Crippen molar-refractivity contribution in [3.63, 3.8) is 0 Å². The van der Waals surface area contributed by atoms with Crippen LogP contribution in [-0.4, -0.2) is 13.4 Å². The lowest BCUT2D eigenvalue weighted by atomic mass is 10.1. The van der Waals surface area contributed by atoms with Gasteiger partial charge in [-0.05, 0) is 6.08 Å². The summed E-state index contributed by atoms with van der Waals surface area (Å²) in [7, 11) is -2.91. The Labute approximate surface area is 48.0 Å². The van der Waals surface area contributed by atoms with Gasteiger partial charge in [0.25, 0.3) is 0 Å². The van der Waals surface area contributed by atoms with E-state index in [1.165, 1.54) is 6.08 Å². The quantitative estimate of drug-likeness (QED) is 0.413. The highest BCUT2D eigenvalue weighted by molar-refractivity contribution is 7.74. The molecule has 0 aromatic heterocycles. The van der Waals surface area contributed by atoms with Gasteiger partial charge in [-0.25, -0.2) is 12.8 Å². The SMILES string of the molecule is O=[SH](=O)C1(F)C=CC1. The maximum absolute atomic E-state index is 12.3. The molecule has 1 unspecified atom stereocenters. The molecule has 0 amide bonds. The van der Waals surface area contributed by atoms with E-state index in [9.17, 15) is 12.8 Å². The molecule has 8 heavy (non-hydrogen) atoms. The van der Waals surface area contributed by atoms with E-state index in [0.29, 0.717) is 0 Å². The molecule has 0 N–H and O–H groups in total. The number of rotatable bonds is 1. The number of allylic oxidation sites excluding steroid dienone is 1. The van der Waals surface area contributed by atoms with E-state index in [1.807, 2.05) is 0 Å². The molecule has 0 saturated heterocycles. The zero-order valence-electron chi connectivity index (χ0n) is 4.00. The van der Waals surface area contributed by atoms with E-state index in [-0.39, 0.29) is 6.42 Å². The van der Waals surface area contributed by atoms with Gasteiger partial charge >= 0.3 is 0 Å². The van der Waals surface area contributed by atoms with Crippen LogP contribution >= 0.6 is 0 Å². The average molecular weight is 136 g/mol. The third-order valence-corrected chi connectivity index (χ3v) is 2.02. The molecule has 0 bridgehead atoms. The van der Waals surface area contributed by atoms with Crippen molar-refractivity contribution in [1.82, 2.24) is 0 Å². The van der Waals surface area contributed by atoms with Gasteiger partial charge in [0.05, 0.1) is 0 Å². The second-order valence-corrected chi connectivity index (χ2v) is 2.94. The summed E-state index contributed by atoms with van der Waals surface area (Å²) in [6.07, 6.45) is 2.57. The molecule has 1 atom stereocenters. The highest BCUT2D eigenvalue weighted by Crippen LogP contribution is 2.27. The largest absolute Gasteiger partial charge is 0.229 e. The fourth-order valence-corrected chi connectivity index (χ4v) is 0.929. The van der Waals surface area contributed by atoms with Crippen LogP contribution < -0.4 is 0 Å². The van der Waals surface area contributed by atoms with Gasteiger partial charge < -0.3 is 0 Å². The highest BCUT2D eigenvalue weighted by Gasteiger charge is 2.34. The predicted molar refractivity (Wildman–Crippen MR) is 27.9 cm³/mol. The van der Waals surface area contributed by atoms with Crippen molar-refractivity contribution in [2.24, 2.45) is 0 Å². The van der Waals surface area contributed by atoms with Crippen LogP contribution in [0, 0.1) is 0 Å². The van der Waals surface area contributed by atoms with Crippen molar-refractivity contribution < 1.29 is 12.8 Å². The van der Waals surface area contributed by atoms with Crippen molar-refractivity contribution in [3.05, 3.63) is 12.2 Å². The molecule has 1 rings (SSSR count). The lowest BCUT2D eigenvalue weighted by molar-refractivity contribution is 0.317. The summed E-state index contributed by atoms with van der Waals surface area (Å²) in [6, 6.07) is 0. The molecule has 0 fully saturated rings. The van der Waals surface area contributed by atoms with Crippen LogP contribution in [0.15, 0.2) is 12.2 Å². The summed E-state index contributed by atoms with van der Waals surface area (Å²) in [5.74, 6) is 0. The number of hydrogen-bond donors (Lipinski definition) is 1. The van der Waals surface area contributed by atoms with E-state index in [2.05, 4.69) is 0 Å². The van der Waals surface area contributed by atoms with Gasteiger partial charge in [-0.1, -0.05) is 6.08 Å². The average Bonchev–Trinajstić information content (AvgIpc) is 1.60. The fraction of sp³-hybridized carbons (Fsp3) is 0.500. The Hall–Kier alpha value is -0.380. The first kappa shape index (κ1) is 5.75. The molecular weight excluding hydrogens is 131 g/mol. The molecule has 4 heteroatoms. The minimum absolute atomic E-state index is 0.0195. The van der Waals surface area contributed by atoms with Crippen molar-refractivity contribution in [3.8, 4) is 0 Å². The van der Waals surface area contributed by atoms with Crippen LogP contribution in [0.2, 0.25) is 0 Å². The Kier molecular flexibility index (Phi) is 1.11. The lowest BCUT2D eigenvalue weighted by Crippen LogP contribution is -2.26. The molecule has 0 radical (unpaired) electrons. The maximum Gasteiger partial charge on any atom is 0.229 e. The van der Waals surface area contributed by atoms with E-state index in [0.717, 1.165) is 6.08 Å². The second-order valence-electron chi connectivity index (χ2n) is 1.68. The van der Waals surface area contributed by atoms with Gasteiger partial charge in [0.15, 0.2) is 10.7 Å².